The number of rotatable bonds is 8. The highest BCUT2D eigenvalue weighted by Crippen LogP contribution is 2.36. The molecule has 1 aromatic heterocycles. The zero-order chi connectivity index (χ0) is 24.1. The summed E-state index contributed by atoms with van der Waals surface area (Å²) in [5, 5.41) is 4.78. The normalized spacial score (nSPS) is 14.2. The first-order chi connectivity index (χ1) is 16.5. The Bertz CT molecular complexity index is 1130. The van der Waals surface area contributed by atoms with Gasteiger partial charge in [-0.3, -0.25) is 9.69 Å². The lowest BCUT2D eigenvalue weighted by atomic mass is 10.2. The second-order valence-corrected chi connectivity index (χ2v) is 8.22. The molecule has 1 aliphatic heterocycles. The molecule has 4 rings (SSSR count). The number of ether oxygens (including phenoxy) is 3. The number of hydrogen-bond acceptors (Lipinski definition) is 6. The van der Waals surface area contributed by atoms with Crippen molar-refractivity contribution in [1.82, 2.24) is 19.6 Å². The van der Waals surface area contributed by atoms with Gasteiger partial charge in [-0.15, -0.1) is 0 Å². The summed E-state index contributed by atoms with van der Waals surface area (Å²) in [6.07, 6.45) is 1.70. The minimum absolute atomic E-state index is 0.0935. The molecule has 3 aromatic rings. The summed E-state index contributed by atoms with van der Waals surface area (Å²) in [7, 11) is 3.11. The van der Waals surface area contributed by atoms with Crippen LogP contribution in [0.25, 0.3) is 0 Å². The van der Waals surface area contributed by atoms with Gasteiger partial charge in [0.2, 0.25) is 5.75 Å². The lowest BCUT2D eigenvalue weighted by Crippen LogP contribution is -2.48. The number of benzene rings is 2. The van der Waals surface area contributed by atoms with Gasteiger partial charge in [0.05, 0.1) is 14.2 Å². The van der Waals surface area contributed by atoms with Gasteiger partial charge in [-0.05, 0) is 35.9 Å². The molecule has 1 aliphatic rings. The Hall–Kier alpha value is -3.30. The molecule has 0 N–H and O–H groups in total. The highest BCUT2D eigenvalue weighted by molar-refractivity contribution is 6.31. The lowest BCUT2D eigenvalue weighted by molar-refractivity contribution is 0.0620. The van der Waals surface area contributed by atoms with Crippen molar-refractivity contribution in [1.29, 1.82) is 0 Å². The monoisotopic (exact) mass is 488 g/mol. The van der Waals surface area contributed by atoms with Crippen molar-refractivity contribution in [3.8, 4) is 17.2 Å². The molecule has 1 amide bonds. The number of carbonyl (C=O) groups is 1. The molecule has 0 bridgehead atoms. The van der Waals surface area contributed by atoms with E-state index in [4.69, 9.17) is 25.8 Å². The number of halogens is 2. The van der Waals surface area contributed by atoms with E-state index in [2.05, 4.69) is 10.00 Å². The van der Waals surface area contributed by atoms with Gasteiger partial charge < -0.3 is 19.1 Å². The van der Waals surface area contributed by atoms with Crippen LogP contribution in [0.5, 0.6) is 17.2 Å². The van der Waals surface area contributed by atoms with Crippen LogP contribution >= 0.6 is 11.6 Å². The molecule has 0 unspecified atom stereocenters. The van der Waals surface area contributed by atoms with Gasteiger partial charge in [-0.2, -0.15) is 5.10 Å². The molecule has 0 spiro atoms. The van der Waals surface area contributed by atoms with Crippen molar-refractivity contribution >= 4 is 17.5 Å². The number of para-hydroxylation sites is 1. The number of amides is 1. The van der Waals surface area contributed by atoms with Crippen LogP contribution in [-0.2, 0) is 13.3 Å². The highest BCUT2D eigenvalue weighted by Gasteiger charge is 2.24. The molecule has 0 radical (unpaired) electrons. The maximum Gasteiger partial charge on any atom is 0.274 e. The molecule has 2 heterocycles. The third-order valence-electron chi connectivity index (χ3n) is 5.65. The predicted octanol–water partition coefficient (Wildman–Crippen LogP) is 3.69. The van der Waals surface area contributed by atoms with E-state index in [0.29, 0.717) is 60.7 Å². The molecule has 0 atom stereocenters. The third-order valence-corrected chi connectivity index (χ3v) is 6.00. The SMILES string of the molecule is COc1cccc(OC)c1OCn1ccc(C(=O)N2CCN(Cc3ccc(F)cc3Cl)CC2)n1. The Morgan fingerprint density at radius 1 is 1.06 bits per heavy atom. The fraction of sp³-hybridized carbons (Fsp3) is 0.333. The van der Waals surface area contributed by atoms with Crippen molar-refractivity contribution < 1.29 is 23.4 Å². The van der Waals surface area contributed by atoms with Gasteiger partial charge in [0.25, 0.3) is 5.91 Å². The van der Waals surface area contributed by atoms with E-state index >= 15 is 0 Å². The average molecular weight is 489 g/mol. The Kier molecular flexibility index (Phi) is 7.54. The summed E-state index contributed by atoms with van der Waals surface area (Å²) < 4.78 is 31.3. The minimum atomic E-state index is -0.351. The first kappa shape index (κ1) is 23.8. The Balaban J connectivity index is 1.32. The summed E-state index contributed by atoms with van der Waals surface area (Å²) in [5.74, 6) is 1.07. The second kappa shape index (κ2) is 10.8. The Morgan fingerprint density at radius 2 is 1.76 bits per heavy atom. The first-order valence-electron chi connectivity index (χ1n) is 10.8. The highest BCUT2D eigenvalue weighted by atomic mass is 35.5. The van der Waals surface area contributed by atoms with E-state index in [0.717, 1.165) is 5.56 Å². The molecule has 8 nitrogen and oxygen atoms in total. The maximum absolute atomic E-state index is 13.3. The average Bonchev–Trinajstić information content (AvgIpc) is 3.33. The van der Waals surface area contributed by atoms with Crippen LogP contribution < -0.4 is 14.2 Å². The van der Waals surface area contributed by atoms with E-state index in [1.165, 1.54) is 12.1 Å². The number of aromatic nitrogens is 2. The van der Waals surface area contributed by atoms with Gasteiger partial charge in [-0.1, -0.05) is 23.7 Å². The molecule has 1 fully saturated rings. The van der Waals surface area contributed by atoms with Crippen molar-refractivity contribution in [2.75, 3.05) is 40.4 Å². The number of nitrogens with zero attached hydrogens (tertiary/aromatic N) is 4. The molecule has 10 heteroatoms. The summed E-state index contributed by atoms with van der Waals surface area (Å²) in [5.41, 5.74) is 1.22. The third kappa shape index (κ3) is 5.43. The largest absolute Gasteiger partial charge is 0.493 e. The van der Waals surface area contributed by atoms with Gasteiger partial charge in [0.15, 0.2) is 23.9 Å². The van der Waals surface area contributed by atoms with Crippen LogP contribution in [0.15, 0.2) is 48.7 Å². The standard InChI is InChI=1S/C24H26ClFN4O4/c1-32-21-4-3-5-22(33-2)23(21)34-16-30-9-8-20(27-30)24(31)29-12-10-28(11-13-29)15-17-6-7-18(26)14-19(17)25/h3-9,14H,10-13,15-16H2,1-2H3. The number of methoxy groups -OCH3 is 2. The number of carbonyl (C=O) groups excluding carboxylic acids is 1. The van der Waals surface area contributed by atoms with Gasteiger partial charge in [-0.25, -0.2) is 9.07 Å². The van der Waals surface area contributed by atoms with Crippen LogP contribution in [-0.4, -0.2) is 65.9 Å². The van der Waals surface area contributed by atoms with E-state index < -0.39 is 0 Å². The Morgan fingerprint density at radius 3 is 2.41 bits per heavy atom. The molecular weight excluding hydrogens is 463 g/mol. The number of piperazine rings is 1. The molecule has 34 heavy (non-hydrogen) atoms. The van der Waals surface area contributed by atoms with Crippen LogP contribution in [0.2, 0.25) is 5.02 Å². The molecule has 2 aromatic carbocycles. The topological polar surface area (TPSA) is 69.1 Å². The minimum Gasteiger partial charge on any atom is -0.493 e. The summed E-state index contributed by atoms with van der Waals surface area (Å²) >= 11 is 6.14. The molecule has 180 valence electrons. The zero-order valence-corrected chi connectivity index (χ0v) is 19.8. The van der Waals surface area contributed by atoms with Gasteiger partial charge in [0, 0.05) is 43.9 Å². The van der Waals surface area contributed by atoms with Crippen molar-refractivity contribution in [2.24, 2.45) is 0 Å². The summed E-state index contributed by atoms with van der Waals surface area (Å²) in [6, 6.07) is 11.5. The van der Waals surface area contributed by atoms with Gasteiger partial charge in [0.1, 0.15) is 5.82 Å². The molecule has 0 saturated carbocycles. The summed E-state index contributed by atoms with van der Waals surface area (Å²) in [4.78, 5) is 16.9. The van der Waals surface area contributed by atoms with E-state index in [1.807, 2.05) is 6.07 Å². The molecular formula is C24H26ClFN4O4. The van der Waals surface area contributed by atoms with Gasteiger partial charge >= 0.3 is 0 Å². The summed E-state index contributed by atoms with van der Waals surface area (Å²) in [6.45, 7) is 3.22. The van der Waals surface area contributed by atoms with Crippen LogP contribution in [0, 0.1) is 5.82 Å². The van der Waals surface area contributed by atoms with E-state index in [-0.39, 0.29) is 18.5 Å². The van der Waals surface area contributed by atoms with E-state index in [9.17, 15) is 9.18 Å². The smallest absolute Gasteiger partial charge is 0.274 e. The lowest BCUT2D eigenvalue weighted by Gasteiger charge is -2.34. The van der Waals surface area contributed by atoms with Crippen molar-refractivity contribution in [3.05, 3.63) is 70.8 Å². The molecule has 1 saturated heterocycles. The predicted molar refractivity (Wildman–Crippen MR) is 125 cm³/mol. The van der Waals surface area contributed by atoms with Crippen LogP contribution in [0.4, 0.5) is 4.39 Å². The van der Waals surface area contributed by atoms with Crippen molar-refractivity contribution in [2.45, 2.75) is 13.3 Å². The molecule has 0 aliphatic carbocycles. The van der Waals surface area contributed by atoms with Crippen molar-refractivity contribution in [3.63, 3.8) is 0 Å². The maximum atomic E-state index is 13.3. The Labute approximate surface area is 202 Å². The van der Waals surface area contributed by atoms with Crippen LogP contribution in [0.1, 0.15) is 16.1 Å². The number of hydrogen-bond donors (Lipinski definition) is 0. The first-order valence-corrected chi connectivity index (χ1v) is 11.2. The fourth-order valence-corrected chi connectivity index (χ4v) is 4.03. The van der Waals surface area contributed by atoms with E-state index in [1.54, 1.807) is 54.3 Å². The second-order valence-electron chi connectivity index (χ2n) is 7.81. The zero-order valence-electron chi connectivity index (χ0n) is 19.0. The quantitative estimate of drug-likeness (QED) is 0.482. The fourth-order valence-electron chi connectivity index (χ4n) is 3.80. The van der Waals surface area contributed by atoms with Crippen LogP contribution in [0.3, 0.4) is 0 Å².